The van der Waals surface area contributed by atoms with Crippen molar-refractivity contribution in [2.45, 2.75) is 184 Å². The number of para-hydroxylation sites is 2. The molecule has 23 N–H and O–H groups in total. The number of benzene rings is 4. The lowest BCUT2D eigenvalue weighted by molar-refractivity contribution is -0.142. The van der Waals surface area contributed by atoms with E-state index in [0.29, 0.717) is 63.4 Å². The number of unbranched alkanes of at least 4 members (excludes halogenated alkanes) is 1. The number of phenols is 1. The number of nitrogens with two attached hydrogens (primary N) is 1. The van der Waals surface area contributed by atoms with Crippen LogP contribution in [0, 0.1) is 5.92 Å². The molecule has 14 amide bonds. The van der Waals surface area contributed by atoms with Gasteiger partial charge in [0.05, 0.1) is 25.4 Å². The highest BCUT2D eigenvalue weighted by molar-refractivity contribution is 7.80. The number of carbonyl (C=O) groups is 16. The van der Waals surface area contributed by atoms with E-state index in [2.05, 4.69) is 120 Å². The second kappa shape index (κ2) is 48.5. The Balaban J connectivity index is 1.10. The average Bonchev–Trinajstić information content (AvgIpc) is 1.72. The maximum atomic E-state index is 15.3. The van der Waals surface area contributed by atoms with Crippen molar-refractivity contribution in [3.8, 4) is 5.75 Å². The summed E-state index contributed by atoms with van der Waals surface area (Å²) in [7, 11) is 0. The van der Waals surface area contributed by atoms with Crippen LogP contribution in [0.4, 0.5) is 0 Å². The molecule has 0 aliphatic heterocycles. The minimum atomic E-state index is -1.87. The molecule has 0 aliphatic rings. The minimum absolute atomic E-state index is 0.0351. The largest absolute Gasteiger partial charge is 0.508 e. The van der Waals surface area contributed by atoms with Crippen LogP contribution in [-0.4, -0.2) is 245 Å². The summed E-state index contributed by atoms with van der Waals surface area (Å²) in [5.74, 6) is -17.2. The zero-order chi connectivity index (χ0) is 90.0. The molecule has 3 aromatic heterocycles. The molecule has 123 heavy (non-hydrogen) atoms. The van der Waals surface area contributed by atoms with Crippen LogP contribution in [0.15, 0.2) is 128 Å². The second-order valence-electron chi connectivity index (χ2n) is 29.7. The number of aliphatic hydroxyl groups is 1. The van der Waals surface area contributed by atoms with Crippen LogP contribution < -0.4 is 80.2 Å². The summed E-state index contributed by atoms with van der Waals surface area (Å²) in [6, 6.07) is 9.23. The van der Waals surface area contributed by atoms with Gasteiger partial charge in [0.2, 0.25) is 82.7 Å². The normalized spacial score (nSPS) is 14.4. The molecular weight excluding hydrogens is 1640 g/mol. The van der Waals surface area contributed by atoms with Crippen molar-refractivity contribution in [2.24, 2.45) is 11.7 Å². The van der Waals surface area contributed by atoms with Gasteiger partial charge in [0.15, 0.2) is 0 Å². The maximum Gasteiger partial charge on any atom is 0.326 e. The molecule has 39 nitrogen and oxygen atoms in total. The molecule has 0 saturated carbocycles. The van der Waals surface area contributed by atoms with E-state index < -0.39 is 198 Å². The van der Waals surface area contributed by atoms with E-state index in [1.165, 1.54) is 50.6 Å². The Kier molecular flexibility index (Phi) is 38.4. The Bertz CT molecular complexity index is 4820. The minimum Gasteiger partial charge on any atom is -0.508 e. The molecule has 3 heterocycles. The Morgan fingerprint density at radius 2 is 0.911 bits per heavy atom. The molecule has 0 unspecified atom stereocenters. The van der Waals surface area contributed by atoms with Gasteiger partial charge in [-0.1, -0.05) is 92.7 Å². The van der Waals surface area contributed by atoms with Gasteiger partial charge in [-0.3, -0.25) is 71.9 Å². The summed E-state index contributed by atoms with van der Waals surface area (Å²) < 4.78 is 0. The zero-order valence-corrected chi connectivity index (χ0v) is 70.0. The number of carboxylic acid groups (broad SMARTS) is 2. The first-order valence-corrected chi connectivity index (χ1v) is 41.0. The number of carbonyl (C=O) groups excluding carboxylic acids is 14. The highest BCUT2D eigenvalue weighted by atomic mass is 32.1. The Labute approximate surface area is 718 Å². The summed E-state index contributed by atoms with van der Waals surface area (Å²) in [5, 5.41) is 77.8. The van der Waals surface area contributed by atoms with E-state index >= 15 is 9.59 Å². The summed E-state index contributed by atoms with van der Waals surface area (Å²) in [5.41, 5.74) is 8.88. The number of carboxylic acids is 2. The SMILES string of the molecule is CC(=O)N[C@@H](CS)C(=O)N[C@@H](C)C(=O)N[C@@H](CC(=O)O)C(=O)N[C@@H](Cc1c[nH]c2ccccc12)C(=O)N[C@H](C(=O)N[C@@H](CS)C(=O)N[C@@H](Cc1ccc(O)cc1)C(=O)N[C@@H](Cc1c[nH]c2ccccc12)C(=O)N[C@@H](Cc1cnc[nH]1)C(=O)N[C@H](C(=O)N[C@@H](Cc1ccccc1)C(=O)NCC(=O)NCCCC(=O)N[C@H](CCCCN)C(=O)O)[C@@H](C)O)C(C)C. The number of rotatable bonds is 50. The van der Waals surface area contributed by atoms with E-state index in [1.807, 2.05) is 0 Å². The van der Waals surface area contributed by atoms with E-state index in [4.69, 9.17) is 5.73 Å². The van der Waals surface area contributed by atoms with Crippen molar-refractivity contribution in [1.82, 2.24) is 94.4 Å². The van der Waals surface area contributed by atoms with Gasteiger partial charge in [-0.15, -0.1) is 0 Å². The molecule has 7 aromatic rings. The van der Waals surface area contributed by atoms with E-state index in [1.54, 1.807) is 105 Å². The highest BCUT2D eigenvalue weighted by Gasteiger charge is 2.39. The third kappa shape index (κ3) is 30.9. The van der Waals surface area contributed by atoms with Crippen molar-refractivity contribution in [3.05, 3.63) is 156 Å². The number of aromatic amines is 3. The number of phenolic OH excluding ortho intramolecular Hbond substituents is 1. The quantitative estimate of drug-likeness (QED) is 0.0145. The smallest absolute Gasteiger partial charge is 0.326 e. The number of H-pyrrole nitrogens is 3. The predicted molar refractivity (Wildman–Crippen MR) is 455 cm³/mol. The van der Waals surface area contributed by atoms with Crippen LogP contribution in [0.25, 0.3) is 21.8 Å². The first-order valence-electron chi connectivity index (χ1n) is 39.7. The molecule has 0 bridgehead atoms. The third-order valence-electron chi connectivity index (χ3n) is 19.7. The average molecular weight is 1740 g/mol. The molecule has 4 aromatic carbocycles. The zero-order valence-electron chi connectivity index (χ0n) is 68.3. The lowest BCUT2D eigenvalue weighted by Crippen LogP contribution is -2.62. The number of aliphatic carboxylic acids is 2. The molecule has 7 rings (SSSR count). The lowest BCUT2D eigenvalue weighted by Gasteiger charge is -2.29. The van der Waals surface area contributed by atoms with Gasteiger partial charge in [0, 0.05) is 110 Å². The summed E-state index contributed by atoms with van der Waals surface area (Å²) in [4.78, 5) is 234. The number of imidazole rings is 1. The fourth-order valence-electron chi connectivity index (χ4n) is 13.0. The maximum absolute atomic E-state index is 15.3. The molecule has 41 heteroatoms. The number of thiol groups is 2. The number of fused-ring (bicyclic) bond motifs is 2. The van der Waals surface area contributed by atoms with E-state index in [9.17, 15) is 87.5 Å². The first kappa shape index (κ1) is 97.2. The molecule has 13 atom stereocenters. The third-order valence-corrected chi connectivity index (χ3v) is 20.4. The summed E-state index contributed by atoms with van der Waals surface area (Å²) in [6.45, 7) is 6.39. The topological polar surface area (TPSA) is 609 Å². The van der Waals surface area contributed by atoms with Crippen LogP contribution in [0.3, 0.4) is 0 Å². The van der Waals surface area contributed by atoms with Crippen molar-refractivity contribution in [2.75, 3.05) is 31.1 Å². The van der Waals surface area contributed by atoms with Crippen LogP contribution in [-0.2, 0) is 109 Å². The first-order chi connectivity index (χ1) is 58.6. The van der Waals surface area contributed by atoms with Gasteiger partial charge in [0.1, 0.15) is 78.3 Å². The van der Waals surface area contributed by atoms with Gasteiger partial charge in [-0.05, 0) is 98.5 Å². The van der Waals surface area contributed by atoms with Crippen LogP contribution >= 0.6 is 25.3 Å². The molecule has 0 spiro atoms. The Hall–Kier alpha value is -12.9. The monoisotopic (exact) mass is 1740 g/mol. The number of hydrogen-bond donors (Lipinski definition) is 24. The van der Waals surface area contributed by atoms with Gasteiger partial charge >= 0.3 is 11.9 Å². The van der Waals surface area contributed by atoms with Crippen molar-refractivity contribution in [3.63, 3.8) is 0 Å². The van der Waals surface area contributed by atoms with Crippen LogP contribution in [0.2, 0.25) is 0 Å². The van der Waals surface area contributed by atoms with E-state index in [0.717, 1.165) is 6.92 Å². The van der Waals surface area contributed by atoms with Crippen molar-refractivity contribution < 1.29 is 97.1 Å². The van der Waals surface area contributed by atoms with Gasteiger partial charge in [-0.2, -0.15) is 25.3 Å². The van der Waals surface area contributed by atoms with Gasteiger partial charge in [0.25, 0.3) is 0 Å². The highest BCUT2D eigenvalue weighted by Crippen LogP contribution is 2.23. The fraction of sp³-hybridized carbons (Fsp3) is 0.427. The van der Waals surface area contributed by atoms with Crippen molar-refractivity contribution >= 4 is 142 Å². The molecule has 0 aliphatic carbocycles. The van der Waals surface area contributed by atoms with Gasteiger partial charge in [-0.25, -0.2) is 9.78 Å². The number of aromatic nitrogens is 4. The summed E-state index contributed by atoms with van der Waals surface area (Å²) in [6.07, 6.45) is 2.81. The van der Waals surface area contributed by atoms with Gasteiger partial charge < -0.3 is 116 Å². The molecule has 0 saturated heterocycles. The number of nitrogens with zero attached hydrogens (tertiary/aromatic N) is 1. The number of aliphatic hydroxyl groups excluding tert-OH is 1. The molecule has 0 radical (unpaired) electrons. The summed E-state index contributed by atoms with van der Waals surface area (Å²) >= 11 is 8.49. The van der Waals surface area contributed by atoms with Crippen LogP contribution in [0.5, 0.6) is 5.75 Å². The number of aromatic hydroxyl groups is 1. The number of hydrogen-bond acceptors (Lipinski definition) is 22. The standard InChI is InChI=1S/C82H107N19O20S2/c1-43(2)69(100-76(114)61(33-50-37-87-56-21-12-10-19-54(50)56)96-75(113)63(35-68(107)108)93-71(109)44(3)90-78(116)64(40-122)91-46(5)103)80(118)99-65(41-123)79(117)94-59(31-48-24-26-52(104)27-25-48)73(111)95-60(32-49-36-86-55-20-11-9-18-53(49)55)74(112)97-62(34-51-38-84-42-89-51)77(115)101-70(45(4)102)81(119)98-58(30-47-16-7-6-8-17-47)72(110)88-39-67(106)85-29-15-23-66(105)92-57(82(120)121)22-13-14-28-83/h6-12,16-21,24-27,36-38,42-45,57-65,69-70,86-87,102,104,122-123H,13-15,22-23,28-35,39-41,83H2,1-5H3,(H,84,89)(H,85,106)(H,88,110)(H,90,116)(H,91,103)(H,92,105)(H,93,109)(H,94,117)(H,95,111)(H,96,113)(H,97,112)(H,98,119)(H,99,118)(H,100,114)(H,101,115)(H,107,108)(H,120,121)/t44-,45+,57+,58-,59-,60-,61-,62-,63-,64-,65-,69-,70-/m0/s1. The fourth-order valence-corrected chi connectivity index (χ4v) is 13.5. The Morgan fingerprint density at radius 3 is 1.43 bits per heavy atom. The number of nitrogens with one attached hydrogen (secondary N) is 17. The molecule has 0 fully saturated rings. The Morgan fingerprint density at radius 1 is 0.447 bits per heavy atom. The molecule has 662 valence electrons. The van der Waals surface area contributed by atoms with Crippen LogP contribution in [0.1, 0.15) is 101 Å². The van der Waals surface area contributed by atoms with E-state index in [-0.39, 0.29) is 75.1 Å². The second-order valence-corrected chi connectivity index (χ2v) is 30.4. The molecular formula is C82H107N19O20S2. The predicted octanol–water partition coefficient (Wildman–Crippen LogP) is -1.95. The lowest BCUT2D eigenvalue weighted by atomic mass is 9.99. The number of amides is 14. The van der Waals surface area contributed by atoms with Crippen molar-refractivity contribution in [1.29, 1.82) is 0 Å².